The normalized spacial score (nSPS) is 12.6. The first-order chi connectivity index (χ1) is 9.15. The second-order valence-electron chi connectivity index (χ2n) is 4.16. The minimum Gasteiger partial charge on any atom is -0.272 e. The molecule has 0 spiro atoms. The van der Waals surface area contributed by atoms with Gasteiger partial charge < -0.3 is 0 Å². The lowest BCUT2D eigenvalue weighted by Gasteiger charge is -2.15. The SMILES string of the molecule is CCCn1cc(C(NN)c2ncc(Br)cc2Br)cn1. The Morgan fingerprint density at radius 3 is 2.84 bits per heavy atom. The summed E-state index contributed by atoms with van der Waals surface area (Å²) >= 11 is 6.90. The van der Waals surface area contributed by atoms with Crippen molar-refractivity contribution in [2.24, 2.45) is 5.84 Å². The lowest BCUT2D eigenvalue weighted by atomic mass is 10.1. The summed E-state index contributed by atoms with van der Waals surface area (Å²) in [5.41, 5.74) is 4.62. The predicted molar refractivity (Wildman–Crippen MR) is 81.3 cm³/mol. The van der Waals surface area contributed by atoms with E-state index in [0.717, 1.165) is 33.2 Å². The second-order valence-corrected chi connectivity index (χ2v) is 5.93. The van der Waals surface area contributed by atoms with Gasteiger partial charge in [-0.25, -0.2) is 5.43 Å². The molecule has 0 amide bonds. The van der Waals surface area contributed by atoms with E-state index in [9.17, 15) is 0 Å². The molecule has 1 atom stereocenters. The summed E-state index contributed by atoms with van der Waals surface area (Å²) in [6.07, 6.45) is 6.60. The van der Waals surface area contributed by atoms with Gasteiger partial charge >= 0.3 is 0 Å². The number of hydrogen-bond acceptors (Lipinski definition) is 4. The van der Waals surface area contributed by atoms with Gasteiger partial charge in [0.15, 0.2) is 0 Å². The van der Waals surface area contributed by atoms with Crippen LogP contribution in [0.3, 0.4) is 0 Å². The number of pyridine rings is 1. The molecule has 5 nitrogen and oxygen atoms in total. The van der Waals surface area contributed by atoms with Crippen molar-refractivity contribution in [1.82, 2.24) is 20.2 Å². The molecule has 1 unspecified atom stereocenters. The summed E-state index contributed by atoms with van der Waals surface area (Å²) in [7, 11) is 0. The summed E-state index contributed by atoms with van der Waals surface area (Å²) < 4.78 is 3.72. The summed E-state index contributed by atoms with van der Waals surface area (Å²) in [6, 6.07) is 1.76. The van der Waals surface area contributed by atoms with Crippen molar-refractivity contribution < 1.29 is 0 Å². The number of halogens is 2. The molecule has 0 aliphatic rings. The highest BCUT2D eigenvalue weighted by Gasteiger charge is 2.18. The van der Waals surface area contributed by atoms with Crippen molar-refractivity contribution in [3.05, 3.63) is 44.9 Å². The van der Waals surface area contributed by atoms with Crippen LogP contribution in [0, 0.1) is 0 Å². The second kappa shape index (κ2) is 6.60. The highest BCUT2D eigenvalue weighted by Crippen LogP contribution is 2.28. The Morgan fingerprint density at radius 1 is 1.42 bits per heavy atom. The topological polar surface area (TPSA) is 68.8 Å². The van der Waals surface area contributed by atoms with Gasteiger partial charge in [-0.1, -0.05) is 6.92 Å². The van der Waals surface area contributed by atoms with Crippen LogP contribution in [0.2, 0.25) is 0 Å². The first-order valence-corrected chi connectivity index (χ1v) is 7.53. The minimum absolute atomic E-state index is 0.187. The number of aryl methyl sites for hydroxylation is 1. The largest absolute Gasteiger partial charge is 0.272 e. The zero-order valence-electron chi connectivity index (χ0n) is 10.5. The number of aromatic nitrogens is 3. The van der Waals surface area contributed by atoms with Crippen LogP contribution in [0.5, 0.6) is 0 Å². The van der Waals surface area contributed by atoms with E-state index in [1.165, 1.54) is 0 Å². The molecule has 7 heteroatoms. The molecule has 102 valence electrons. The van der Waals surface area contributed by atoms with Gasteiger partial charge in [0.1, 0.15) is 0 Å². The zero-order chi connectivity index (χ0) is 13.8. The van der Waals surface area contributed by atoms with Crippen LogP contribution in [-0.2, 0) is 6.54 Å². The van der Waals surface area contributed by atoms with E-state index in [0.29, 0.717) is 0 Å². The Hall–Kier alpha value is -0.760. The molecule has 0 aliphatic heterocycles. The van der Waals surface area contributed by atoms with Crippen LogP contribution >= 0.6 is 31.9 Å². The average molecular weight is 389 g/mol. The van der Waals surface area contributed by atoms with E-state index in [-0.39, 0.29) is 6.04 Å². The van der Waals surface area contributed by atoms with Gasteiger partial charge in [0.2, 0.25) is 0 Å². The molecule has 2 aromatic rings. The van der Waals surface area contributed by atoms with Crippen molar-refractivity contribution in [1.29, 1.82) is 0 Å². The number of nitrogens with one attached hydrogen (secondary N) is 1. The number of hydrogen-bond donors (Lipinski definition) is 2. The van der Waals surface area contributed by atoms with Crippen LogP contribution in [0.4, 0.5) is 0 Å². The van der Waals surface area contributed by atoms with Crippen LogP contribution in [0.25, 0.3) is 0 Å². The first-order valence-electron chi connectivity index (χ1n) is 5.95. The van der Waals surface area contributed by atoms with E-state index in [4.69, 9.17) is 5.84 Å². The molecule has 0 radical (unpaired) electrons. The molecule has 0 fully saturated rings. The van der Waals surface area contributed by atoms with Crippen molar-refractivity contribution in [3.8, 4) is 0 Å². The molecule has 3 N–H and O–H groups in total. The monoisotopic (exact) mass is 387 g/mol. The molecule has 0 saturated heterocycles. The van der Waals surface area contributed by atoms with Gasteiger partial charge in [0, 0.05) is 33.4 Å². The number of hydrazine groups is 1. The third-order valence-corrected chi connectivity index (χ3v) is 3.78. The summed E-state index contributed by atoms with van der Waals surface area (Å²) in [6.45, 7) is 3.01. The van der Waals surface area contributed by atoms with Crippen LogP contribution in [0.1, 0.15) is 30.6 Å². The van der Waals surface area contributed by atoms with Crippen molar-refractivity contribution in [2.75, 3.05) is 0 Å². The Labute approximate surface area is 128 Å². The molecule has 0 aliphatic carbocycles. The summed E-state index contributed by atoms with van der Waals surface area (Å²) in [5, 5.41) is 4.32. The van der Waals surface area contributed by atoms with Crippen molar-refractivity contribution >= 4 is 31.9 Å². The van der Waals surface area contributed by atoms with E-state index < -0.39 is 0 Å². The van der Waals surface area contributed by atoms with Crippen molar-refractivity contribution in [2.45, 2.75) is 25.9 Å². The Balaban J connectivity index is 2.32. The zero-order valence-corrected chi connectivity index (χ0v) is 13.6. The fraction of sp³-hybridized carbons (Fsp3) is 0.333. The lowest BCUT2D eigenvalue weighted by Crippen LogP contribution is -2.29. The standard InChI is InChI=1S/C12H15Br2N5/c1-2-3-19-7-8(5-17-19)11(18-15)12-10(14)4-9(13)6-16-12/h4-7,11,18H,2-3,15H2,1H3. The van der Waals surface area contributed by atoms with Crippen LogP contribution in [-0.4, -0.2) is 14.8 Å². The molecule has 2 rings (SSSR count). The number of rotatable bonds is 5. The molecule has 0 aromatic carbocycles. The van der Waals surface area contributed by atoms with Gasteiger partial charge in [-0.15, -0.1) is 0 Å². The molecule has 0 saturated carbocycles. The van der Waals surface area contributed by atoms with Gasteiger partial charge in [-0.3, -0.25) is 15.5 Å². The molecule has 19 heavy (non-hydrogen) atoms. The van der Waals surface area contributed by atoms with E-state index in [2.05, 4.69) is 54.3 Å². The quantitative estimate of drug-likeness (QED) is 0.610. The Bertz CT molecular complexity index is 555. The molecular formula is C12H15Br2N5. The van der Waals surface area contributed by atoms with Crippen LogP contribution < -0.4 is 11.3 Å². The molecule has 0 bridgehead atoms. The third-order valence-electron chi connectivity index (χ3n) is 2.72. The molecular weight excluding hydrogens is 374 g/mol. The Kier molecular flexibility index (Phi) is 5.09. The fourth-order valence-electron chi connectivity index (χ4n) is 1.85. The highest BCUT2D eigenvalue weighted by molar-refractivity contribution is 9.11. The minimum atomic E-state index is -0.187. The maximum absolute atomic E-state index is 5.67. The van der Waals surface area contributed by atoms with E-state index in [1.54, 1.807) is 6.20 Å². The summed E-state index contributed by atoms with van der Waals surface area (Å²) in [5.74, 6) is 5.67. The van der Waals surface area contributed by atoms with Gasteiger partial charge in [-0.05, 0) is 44.3 Å². The molecule has 2 heterocycles. The summed E-state index contributed by atoms with van der Waals surface area (Å²) in [4.78, 5) is 4.41. The van der Waals surface area contributed by atoms with Gasteiger partial charge in [0.05, 0.1) is 17.9 Å². The average Bonchev–Trinajstić information content (AvgIpc) is 2.82. The number of nitrogens with two attached hydrogens (primary N) is 1. The highest BCUT2D eigenvalue weighted by atomic mass is 79.9. The maximum atomic E-state index is 5.67. The fourth-order valence-corrected chi connectivity index (χ4v) is 3.07. The Morgan fingerprint density at radius 2 is 2.21 bits per heavy atom. The number of nitrogens with zero attached hydrogens (tertiary/aromatic N) is 3. The van der Waals surface area contributed by atoms with E-state index >= 15 is 0 Å². The first kappa shape index (κ1) is 14.6. The van der Waals surface area contributed by atoms with E-state index in [1.807, 2.05) is 23.1 Å². The van der Waals surface area contributed by atoms with Gasteiger partial charge in [-0.2, -0.15) is 5.10 Å². The third kappa shape index (κ3) is 3.42. The van der Waals surface area contributed by atoms with Gasteiger partial charge in [0.25, 0.3) is 0 Å². The predicted octanol–water partition coefficient (Wildman–Crippen LogP) is 2.77. The molecule has 2 aromatic heterocycles. The van der Waals surface area contributed by atoms with Crippen LogP contribution in [0.15, 0.2) is 33.6 Å². The smallest absolute Gasteiger partial charge is 0.0923 e. The maximum Gasteiger partial charge on any atom is 0.0923 e. The lowest BCUT2D eigenvalue weighted by molar-refractivity contribution is 0.594. The van der Waals surface area contributed by atoms with Crippen molar-refractivity contribution in [3.63, 3.8) is 0 Å².